The van der Waals surface area contributed by atoms with Gasteiger partial charge in [0.25, 0.3) is 0 Å². The highest BCUT2D eigenvalue weighted by Crippen LogP contribution is 2.33. The molecule has 2 amide bonds. The second-order valence-corrected chi connectivity index (χ2v) is 14.8. The predicted octanol–water partition coefficient (Wildman–Crippen LogP) is 4.40. The average Bonchev–Trinajstić information content (AvgIpc) is 3.53. The lowest BCUT2D eigenvalue weighted by atomic mass is 9.89. The number of hydrogen-bond donors (Lipinski definition) is 2. The molecule has 1 unspecified atom stereocenters. The molecule has 4 heterocycles. The fourth-order valence-corrected chi connectivity index (χ4v) is 8.13. The quantitative estimate of drug-likeness (QED) is 0.156. The van der Waals surface area contributed by atoms with Crippen molar-refractivity contribution in [2.75, 3.05) is 56.5 Å². The monoisotopic (exact) mass is 772 g/mol. The molecule has 6 rings (SSSR count). The zero-order valence-corrected chi connectivity index (χ0v) is 31.4. The standard InChI is InChI=1S/C38H42F2N10O4S/c1-42-38(52)50(15-4-20-51)35-33-9-7-28(22-34(33)47(2)46-35)26-10-16-48(17-11-26)14-3-5-27-21-32(8-6-29(27)23-41)55(53)49-18-12-30(13-19-49)45-37-43-24-31(25-44-37)54-36(39)40/h6-9,20-22,24-26,30,36H,4,10-19H2,1-2H3,(H,42,52)(H,43,44,45). The summed E-state index contributed by atoms with van der Waals surface area (Å²) < 4.78 is 46.3. The Morgan fingerprint density at radius 2 is 1.84 bits per heavy atom. The number of urea groups is 1. The number of carbonyl (C=O) groups excluding carboxylic acids is 2. The molecule has 2 aliphatic rings. The van der Waals surface area contributed by atoms with Crippen LogP contribution in [0.5, 0.6) is 5.75 Å². The number of aldehydes is 1. The number of ether oxygens (including phenoxy) is 1. The molecule has 55 heavy (non-hydrogen) atoms. The molecular formula is C38H42F2N10O4S. The van der Waals surface area contributed by atoms with Crippen molar-refractivity contribution in [3.63, 3.8) is 0 Å². The number of hydrogen-bond acceptors (Lipinski definition) is 10. The molecular weight excluding hydrogens is 731 g/mol. The molecule has 2 N–H and O–H groups in total. The maximum Gasteiger partial charge on any atom is 0.387 e. The molecule has 2 aliphatic heterocycles. The van der Waals surface area contributed by atoms with Gasteiger partial charge in [-0.15, -0.1) is 0 Å². The van der Waals surface area contributed by atoms with E-state index in [-0.39, 0.29) is 30.8 Å². The van der Waals surface area contributed by atoms with Crippen molar-refractivity contribution < 1.29 is 27.3 Å². The van der Waals surface area contributed by atoms with Gasteiger partial charge < -0.3 is 20.2 Å². The number of benzene rings is 2. The van der Waals surface area contributed by atoms with E-state index in [9.17, 15) is 27.8 Å². The lowest BCUT2D eigenvalue weighted by Gasteiger charge is -2.31. The number of aromatic nitrogens is 4. The maximum atomic E-state index is 13.6. The van der Waals surface area contributed by atoms with E-state index in [0.717, 1.165) is 43.1 Å². The van der Waals surface area contributed by atoms with E-state index in [1.807, 2.05) is 17.4 Å². The Hall–Kier alpha value is -5.49. The van der Waals surface area contributed by atoms with Crippen LogP contribution < -0.4 is 20.3 Å². The number of halogens is 2. The molecule has 1 atom stereocenters. The summed E-state index contributed by atoms with van der Waals surface area (Å²) in [5, 5.41) is 21.1. The Labute approximate surface area is 320 Å². The number of nitrogens with one attached hydrogen (secondary N) is 2. The van der Waals surface area contributed by atoms with Gasteiger partial charge in [0.15, 0.2) is 11.6 Å². The molecule has 0 radical (unpaired) electrons. The van der Waals surface area contributed by atoms with Gasteiger partial charge in [-0.2, -0.15) is 19.1 Å². The normalized spacial score (nSPS) is 16.2. The Balaban J connectivity index is 1.02. The van der Waals surface area contributed by atoms with Crippen molar-refractivity contribution >= 4 is 46.0 Å². The summed E-state index contributed by atoms with van der Waals surface area (Å²) in [5.41, 5.74) is 3.09. The summed E-state index contributed by atoms with van der Waals surface area (Å²) in [5.74, 6) is 7.46. The first kappa shape index (κ1) is 39.2. The molecule has 0 aliphatic carbocycles. The van der Waals surface area contributed by atoms with Crippen LogP contribution >= 0.6 is 0 Å². The molecule has 14 nitrogen and oxygen atoms in total. The van der Waals surface area contributed by atoms with Crippen LogP contribution in [0.25, 0.3) is 10.9 Å². The van der Waals surface area contributed by atoms with Gasteiger partial charge in [-0.1, -0.05) is 17.9 Å². The summed E-state index contributed by atoms with van der Waals surface area (Å²) in [7, 11) is 1.96. The van der Waals surface area contributed by atoms with Crippen LogP contribution in [0.15, 0.2) is 53.7 Å². The van der Waals surface area contributed by atoms with Crippen LogP contribution in [0.1, 0.15) is 54.7 Å². The first-order valence-corrected chi connectivity index (χ1v) is 19.1. The van der Waals surface area contributed by atoms with Crippen LogP contribution in [-0.4, -0.2) is 104 Å². The van der Waals surface area contributed by atoms with Crippen LogP contribution in [0.2, 0.25) is 0 Å². The smallest absolute Gasteiger partial charge is 0.387 e. The largest absolute Gasteiger partial charge is 0.432 e. The SMILES string of the molecule is CNC(=O)N(CCC=O)c1nn(C)c2cc(C3CCN(CC#Cc4cc(S(=O)N5CCC(Nc6ncc(OC(F)F)cn6)CC5)ccc4C#N)CC3)ccc12. The van der Waals surface area contributed by atoms with E-state index in [4.69, 9.17) is 0 Å². The van der Waals surface area contributed by atoms with Crippen LogP contribution in [0, 0.1) is 23.2 Å². The minimum atomic E-state index is -2.95. The Morgan fingerprint density at radius 1 is 1.09 bits per heavy atom. The van der Waals surface area contributed by atoms with Gasteiger partial charge in [0.1, 0.15) is 23.3 Å². The third-order valence-electron chi connectivity index (χ3n) is 9.81. The predicted molar refractivity (Wildman–Crippen MR) is 203 cm³/mol. The van der Waals surface area contributed by atoms with Crippen LogP contribution in [0.3, 0.4) is 0 Å². The summed E-state index contributed by atoms with van der Waals surface area (Å²) in [6.07, 6.45) is 6.61. The summed E-state index contributed by atoms with van der Waals surface area (Å²) in [6, 6.07) is 13.3. The summed E-state index contributed by atoms with van der Waals surface area (Å²) >= 11 is 0. The van der Waals surface area contributed by atoms with Crippen molar-refractivity contribution in [2.24, 2.45) is 7.05 Å². The van der Waals surface area contributed by atoms with Gasteiger partial charge >= 0.3 is 12.6 Å². The van der Waals surface area contributed by atoms with Crippen molar-refractivity contribution in [2.45, 2.75) is 55.6 Å². The highest BCUT2D eigenvalue weighted by atomic mass is 32.2. The number of alkyl halides is 2. The van der Waals surface area contributed by atoms with E-state index in [2.05, 4.69) is 65.4 Å². The summed E-state index contributed by atoms with van der Waals surface area (Å²) in [6.45, 7) is 0.634. The Bertz CT molecular complexity index is 2120. The first-order chi connectivity index (χ1) is 26.7. The third kappa shape index (κ3) is 9.61. The Morgan fingerprint density at radius 3 is 2.51 bits per heavy atom. The fraction of sp³-hybridized carbons (Fsp3) is 0.421. The number of carbonyl (C=O) groups is 2. The molecule has 17 heteroatoms. The van der Waals surface area contributed by atoms with Crippen LogP contribution in [0.4, 0.5) is 25.3 Å². The van der Waals surface area contributed by atoms with E-state index in [1.165, 1.54) is 22.9 Å². The molecule has 0 spiro atoms. The Kier molecular flexibility index (Phi) is 13.0. The lowest BCUT2D eigenvalue weighted by Crippen LogP contribution is -2.40. The zero-order valence-electron chi connectivity index (χ0n) is 30.6. The van der Waals surface area contributed by atoms with Gasteiger partial charge in [-0.3, -0.25) is 14.5 Å². The van der Waals surface area contributed by atoms with Gasteiger partial charge in [-0.25, -0.2) is 23.3 Å². The number of fused-ring (bicyclic) bond motifs is 1. The number of aryl methyl sites for hydroxylation is 1. The highest BCUT2D eigenvalue weighted by molar-refractivity contribution is 7.82. The van der Waals surface area contributed by atoms with E-state index in [0.29, 0.717) is 66.2 Å². The lowest BCUT2D eigenvalue weighted by molar-refractivity contribution is -0.107. The topological polar surface area (TPSA) is 162 Å². The molecule has 2 aromatic heterocycles. The van der Waals surface area contributed by atoms with Crippen LogP contribution in [-0.2, 0) is 22.8 Å². The van der Waals surface area contributed by atoms with Crippen molar-refractivity contribution in [3.8, 4) is 23.7 Å². The number of anilines is 2. The van der Waals surface area contributed by atoms with Crippen molar-refractivity contribution in [1.82, 2.24) is 34.3 Å². The van der Waals surface area contributed by atoms with Gasteiger partial charge in [0.05, 0.1) is 34.9 Å². The zero-order chi connectivity index (χ0) is 38.9. The number of nitrogens with zero attached hydrogens (tertiary/aromatic N) is 8. The molecule has 2 saturated heterocycles. The number of amides is 2. The van der Waals surface area contributed by atoms with Gasteiger partial charge in [0.2, 0.25) is 5.95 Å². The molecule has 2 aromatic carbocycles. The average molecular weight is 773 g/mol. The van der Waals surface area contributed by atoms with Gasteiger partial charge in [-0.05, 0) is 80.6 Å². The second-order valence-electron chi connectivity index (χ2n) is 13.3. The highest BCUT2D eigenvalue weighted by Gasteiger charge is 2.26. The maximum absolute atomic E-state index is 13.6. The third-order valence-corrected chi connectivity index (χ3v) is 11.3. The molecule has 0 saturated carbocycles. The fourth-order valence-electron chi connectivity index (χ4n) is 6.88. The van der Waals surface area contributed by atoms with Crippen molar-refractivity contribution in [1.29, 1.82) is 5.26 Å². The number of rotatable bonds is 12. The second kappa shape index (κ2) is 18.2. The number of likely N-dealkylation sites (tertiary alicyclic amines) is 1. The number of nitriles is 1. The van der Waals surface area contributed by atoms with E-state index < -0.39 is 17.6 Å². The minimum absolute atomic E-state index is 0.0221. The molecule has 288 valence electrons. The molecule has 2 fully saturated rings. The van der Waals surface area contributed by atoms with E-state index >= 15 is 0 Å². The minimum Gasteiger partial charge on any atom is -0.432 e. The van der Waals surface area contributed by atoms with Gasteiger partial charge in [0, 0.05) is 57.1 Å². The van der Waals surface area contributed by atoms with Crippen molar-refractivity contribution in [3.05, 3.63) is 65.5 Å². The van der Waals surface area contributed by atoms with E-state index in [1.54, 1.807) is 29.9 Å². The first-order valence-electron chi connectivity index (χ1n) is 18.0. The molecule has 0 bridgehead atoms. The number of piperidine rings is 2. The summed E-state index contributed by atoms with van der Waals surface area (Å²) in [4.78, 5) is 36.0. The molecule has 4 aromatic rings.